The summed E-state index contributed by atoms with van der Waals surface area (Å²) < 4.78 is 0. The van der Waals surface area contributed by atoms with E-state index >= 15 is 0 Å². The molecule has 0 amide bonds. The smallest absolute Gasteiger partial charge is 0 e. The first-order valence-corrected chi connectivity index (χ1v) is 1.89. The van der Waals surface area contributed by atoms with Crippen LogP contribution in [0.25, 0.3) is 0 Å². The molecule has 1 saturated carbocycles. The minimum atomic E-state index is 0. The van der Waals surface area contributed by atoms with Crippen molar-refractivity contribution < 1.29 is 0 Å². The van der Waals surface area contributed by atoms with Crippen LogP contribution in [-0.2, 0) is 0 Å². The fourth-order valence-electron chi connectivity index (χ4n) is 0.167. The van der Waals surface area contributed by atoms with Crippen LogP contribution in [0.2, 0.25) is 0 Å². The van der Waals surface area contributed by atoms with Gasteiger partial charge < -0.3 is 0 Å². The van der Waals surface area contributed by atoms with Gasteiger partial charge in [0.05, 0.1) is 0 Å². The molecule has 0 aromatic heterocycles. The summed E-state index contributed by atoms with van der Waals surface area (Å²) in [7, 11) is 0. The second-order valence-electron chi connectivity index (χ2n) is 1.68. The summed E-state index contributed by atoms with van der Waals surface area (Å²) >= 11 is 0. The molecular formula is C4H8Pb. The molecule has 28 valence electrons. The summed E-state index contributed by atoms with van der Waals surface area (Å²) in [5.41, 5.74) is 0. The van der Waals surface area contributed by atoms with E-state index in [0.29, 0.717) is 0 Å². The van der Waals surface area contributed by atoms with Crippen LogP contribution in [-0.4, -0.2) is 27.3 Å². The van der Waals surface area contributed by atoms with Gasteiger partial charge in [-0.1, -0.05) is 19.8 Å². The van der Waals surface area contributed by atoms with E-state index in [0.717, 1.165) is 5.92 Å². The standard InChI is InChI=1S/C4H8.Pb/c1-4-2-3-4;/h4H,2-3H2,1H3;. The van der Waals surface area contributed by atoms with E-state index in [1.54, 1.807) is 0 Å². The Hall–Kier alpha value is 0.922. The Labute approximate surface area is 53.1 Å². The molecule has 0 N–H and O–H groups in total. The molecule has 1 fully saturated rings. The third-order valence-electron chi connectivity index (χ3n) is 0.866. The van der Waals surface area contributed by atoms with Gasteiger partial charge in [0.25, 0.3) is 0 Å². The average Bonchev–Trinajstić information content (AvgIpc) is 1.75. The van der Waals surface area contributed by atoms with Crippen LogP contribution in [0.1, 0.15) is 19.8 Å². The molecule has 0 bridgehead atoms. The first-order chi connectivity index (χ1) is 1.89. The fraction of sp³-hybridized carbons (Fsp3) is 1.00. The van der Waals surface area contributed by atoms with Gasteiger partial charge in [-0.3, -0.25) is 0 Å². The maximum Gasteiger partial charge on any atom is 0 e. The van der Waals surface area contributed by atoms with Crippen molar-refractivity contribution in [2.45, 2.75) is 19.8 Å². The van der Waals surface area contributed by atoms with Crippen molar-refractivity contribution in [2.75, 3.05) is 0 Å². The van der Waals surface area contributed by atoms with Gasteiger partial charge in [0.2, 0.25) is 0 Å². The number of hydrogen-bond donors (Lipinski definition) is 0. The Bertz CT molecular complexity index is 22.8. The zero-order valence-electron chi connectivity index (χ0n) is 3.49. The van der Waals surface area contributed by atoms with Gasteiger partial charge in [-0.15, -0.1) is 0 Å². The molecule has 0 unspecified atom stereocenters. The minimum Gasteiger partial charge on any atom is -0.0625 e. The maximum absolute atomic E-state index is 2.28. The van der Waals surface area contributed by atoms with Crippen LogP contribution < -0.4 is 0 Å². The Morgan fingerprint density at radius 3 is 1.60 bits per heavy atom. The number of hydrogen-bond acceptors (Lipinski definition) is 0. The molecule has 0 aromatic rings. The summed E-state index contributed by atoms with van der Waals surface area (Å²) in [6.07, 6.45) is 2.97. The first-order valence-electron chi connectivity index (χ1n) is 1.89. The zero-order valence-corrected chi connectivity index (χ0v) is 7.38. The third kappa shape index (κ3) is 2.73. The van der Waals surface area contributed by atoms with Gasteiger partial charge in [-0.2, -0.15) is 0 Å². The summed E-state index contributed by atoms with van der Waals surface area (Å²) in [5, 5.41) is 0. The van der Waals surface area contributed by atoms with Crippen molar-refractivity contribution in [1.82, 2.24) is 0 Å². The molecular weight excluding hydrogens is 255 g/mol. The van der Waals surface area contributed by atoms with E-state index in [-0.39, 0.29) is 27.3 Å². The predicted molar refractivity (Wildman–Crippen MR) is 24.2 cm³/mol. The maximum atomic E-state index is 2.28. The Kier molecular flexibility index (Phi) is 2.56. The molecule has 1 rings (SSSR count). The summed E-state index contributed by atoms with van der Waals surface area (Å²) in [5.74, 6) is 1.08. The second-order valence-corrected chi connectivity index (χ2v) is 1.68. The van der Waals surface area contributed by atoms with Crippen LogP contribution in [0, 0.1) is 5.92 Å². The molecule has 0 nitrogen and oxygen atoms in total. The summed E-state index contributed by atoms with van der Waals surface area (Å²) in [6.45, 7) is 2.28. The molecule has 0 aromatic carbocycles. The van der Waals surface area contributed by atoms with E-state index in [9.17, 15) is 0 Å². The number of rotatable bonds is 0. The Morgan fingerprint density at radius 2 is 1.60 bits per heavy atom. The van der Waals surface area contributed by atoms with E-state index in [4.69, 9.17) is 0 Å². The van der Waals surface area contributed by atoms with Crippen molar-refractivity contribution >= 4 is 27.3 Å². The molecule has 1 aliphatic rings. The predicted octanol–water partition coefficient (Wildman–Crippen LogP) is 1.04. The average molecular weight is 263 g/mol. The third-order valence-corrected chi connectivity index (χ3v) is 0.866. The van der Waals surface area contributed by atoms with E-state index in [1.165, 1.54) is 12.8 Å². The Morgan fingerprint density at radius 1 is 1.40 bits per heavy atom. The largest absolute Gasteiger partial charge is 0.0625 e. The first kappa shape index (κ1) is 5.92. The molecule has 0 heterocycles. The minimum absolute atomic E-state index is 0. The van der Waals surface area contributed by atoms with E-state index < -0.39 is 0 Å². The van der Waals surface area contributed by atoms with Gasteiger partial charge in [0.15, 0.2) is 0 Å². The van der Waals surface area contributed by atoms with Crippen LogP contribution in [0.4, 0.5) is 0 Å². The second kappa shape index (κ2) is 2.16. The van der Waals surface area contributed by atoms with Crippen molar-refractivity contribution in [3.05, 3.63) is 0 Å². The molecule has 4 radical (unpaired) electrons. The van der Waals surface area contributed by atoms with E-state index in [2.05, 4.69) is 6.92 Å². The van der Waals surface area contributed by atoms with Gasteiger partial charge in [-0.25, -0.2) is 0 Å². The normalized spacial score (nSPS) is 21.0. The molecule has 0 saturated heterocycles. The topological polar surface area (TPSA) is 0 Å². The molecule has 0 atom stereocenters. The van der Waals surface area contributed by atoms with Gasteiger partial charge in [-0.05, 0) is 5.92 Å². The summed E-state index contributed by atoms with van der Waals surface area (Å²) in [6, 6.07) is 0. The molecule has 0 spiro atoms. The fourth-order valence-corrected chi connectivity index (χ4v) is 0.167. The van der Waals surface area contributed by atoms with Crippen LogP contribution in [0.5, 0.6) is 0 Å². The van der Waals surface area contributed by atoms with Crippen LogP contribution >= 0.6 is 0 Å². The molecule has 1 aliphatic carbocycles. The van der Waals surface area contributed by atoms with E-state index in [1.807, 2.05) is 0 Å². The molecule has 1 heteroatoms. The Balaban J connectivity index is 0.000000160. The zero-order chi connectivity index (χ0) is 2.99. The van der Waals surface area contributed by atoms with Crippen molar-refractivity contribution in [2.24, 2.45) is 5.92 Å². The van der Waals surface area contributed by atoms with Gasteiger partial charge in [0, 0.05) is 27.3 Å². The molecule has 0 aliphatic heterocycles. The molecule has 5 heavy (non-hydrogen) atoms. The summed E-state index contributed by atoms with van der Waals surface area (Å²) in [4.78, 5) is 0. The quantitative estimate of drug-likeness (QED) is 0.573. The van der Waals surface area contributed by atoms with Gasteiger partial charge in [0.1, 0.15) is 0 Å². The van der Waals surface area contributed by atoms with Crippen LogP contribution in [0.15, 0.2) is 0 Å². The SMILES string of the molecule is CC1CC1.[Pb]. The van der Waals surface area contributed by atoms with Crippen molar-refractivity contribution in [3.63, 3.8) is 0 Å². The van der Waals surface area contributed by atoms with Crippen molar-refractivity contribution in [3.8, 4) is 0 Å². The van der Waals surface area contributed by atoms with Crippen LogP contribution in [0.3, 0.4) is 0 Å². The van der Waals surface area contributed by atoms with Crippen molar-refractivity contribution in [1.29, 1.82) is 0 Å². The van der Waals surface area contributed by atoms with Gasteiger partial charge >= 0.3 is 0 Å². The monoisotopic (exact) mass is 264 g/mol.